The average molecular weight is 233 g/mol. The van der Waals surface area contributed by atoms with E-state index < -0.39 is 6.09 Å². The van der Waals surface area contributed by atoms with Crippen LogP contribution in [-0.4, -0.2) is 35.7 Å². The van der Waals surface area contributed by atoms with E-state index in [0.717, 1.165) is 19.4 Å². The van der Waals surface area contributed by atoms with E-state index in [0.29, 0.717) is 13.1 Å². The van der Waals surface area contributed by atoms with Crippen molar-refractivity contribution in [1.82, 2.24) is 4.90 Å². The number of hydrogen-bond acceptors (Lipinski definition) is 1. The zero-order valence-corrected chi connectivity index (χ0v) is 9.72. The molecule has 4 nitrogen and oxygen atoms in total. The Morgan fingerprint density at radius 1 is 1.29 bits per heavy atom. The highest BCUT2D eigenvalue weighted by Crippen LogP contribution is 2.39. The highest BCUT2D eigenvalue weighted by atomic mass is 16.4. The first kappa shape index (κ1) is 10.6. The Bertz CT molecular complexity index is 450. The van der Waals surface area contributed by atoms with Crippen LogP contribution in [-0.2, 0) is 5.41 Å². The second-order valence-corrected chi connectivity index (χ2v) is 5.05. The Kier molecular flexibility index (Phi) is 2.33. The van der Waals surface area contributed by atoms with E-state index in [9.17, 15) is 4.79 Å². The molecule has 2 aliphatic rings. The molecule has 17 heavy (non-hydrogen) atoms. The number of hydrogen-bond donors (Lipinski definition) is 2. The number of likely N-dealkylation sites (tertiary alicyclic amines) is 1. The van der Waals surface area contributed by atoms with Crippen LogP contribution in [0.2, 0.25) is 0 Å². The lowest BCUT2D eigenvalue weighted by molar-refractivity contribution is -0.569. The number of quaternary nitrogens is 1. The third-order valence-electron chi connectivity index (χ3n) is 4.24. The number of fused-ring (bicyclic) bond motifs is 2. The molecule has 1 aromatic rings. The molecule has 1 saturated heterocycles. The van der Waals surface area contributed by atoms with Crippen LogP contribution in [0.15, 0.2) is 24.3 Å². The monoisotopic (exact) mass is 233 g/mol. The molecule has 1 fully saturated rings. The SMILES string of the molecule is O=C(O)N1CCC2(CC1)C[NH2+]c1ccccc12. The minimum atomic E-state index is -0.782. The molecule has 90 valence electrons. The average Bonchev–Trinajstić information content (AvgIpc) is 2.70. The number of piperidine rings is 1. The van der Waals surface area contributed by atoms with Crippen molar-refractivity contribution in [2.24, 2.45) is 0 Å². The van der Waals surface area contributed by atoms with Crippen LogP contribution in [0.4, 0.5) is 10.5 Å². The van der Waals surface area contributed by atoms with E-state index in [1.807, 2.05) is 0 Å². The number of nitrogens with zero attached hydrogens (tertiary/aromatic N) is 1. The number of carbonyl (C=O) groups is 1. The first-order chi connectivity index (χ1) is 8.21. The predicted molar refractivity (Wildman–Crippen MR) is 63.4 cm³/mol. The van der Waals surface area contributed by atoms with Crippen molar-refractivity contribution in [2.45, 2.75) is 18.3 Å². The van der Waals surface area contributed by atoms with Crippen molar-refractivity contribution in [3.8, 4) is 0 Å². The zero-order chi connectivity index (χ0) is 11.9. The maximum absolute atomic E-state index is 10.9. The van der Waals surface area contributed by atoms with E-state index in [1.54, 1.807) is 0 Å². The molecule has 3 N–H and O–H groups in total. The van der Waals surface area contributed by atoms with Gasteiger partial charge in [0.15, 0.2) is 0 Å². The third-order valence-corrected chi connectivity index (χ3v) is 4.24. The van der Waals surface area contributed by atoms with Gasteiger partial charge in [-0.1, -0.05) is 18.2 Å². The number of amides is 1. The summed E-state index contributed by atoms with van der Waals surface area (Å²) < 4.78 is 0. The molecule has 3 rings (SSSR count). The van der Waals surface area contributed by atoms with Crippen LogP contribution in [0.3, 0.4) is 0 Å². The summed E-state index contributed by atoms with van der Waals surface area (Å²) >= 11 is 0. The highest BCUT2D eigenvalue weighted by Gasteiger charge is 2.45. The minimum Gasteiger partial charge on any atom is -0.465 e. The largest absolute Gasteiger partial charge is 0.465 e. The fourth-order valence-corrected chi connectivity index (χ4v) is 3.17. The second-order valence-electron chi connectivity index (χ2n) is 5.05. The van der Waals surface area contributed by atoms with Crippen LogP contribution in [0.25, 0.3) is 0 Å². The smallest absolute Gasteiger partial charge is 0.407 e. The fourth-order valence-electron chi connectivity index (χ4n) is 3.17. The van der Waals surface area contributed by atoms with Gasteiger partial charge in [0, 0.05) is 18.7 Å². The van der Waals surface area contributed by atoms with Crippen molar-refractivity contribution < 1.29 is 15.2 Å². The molecule has 0 aromatic heterocycles. The lowest BCUT2D eigenvalue weighted by Crippen LogP contribution is -2.78. The van der Waals surface area contributed by atoms with Crippen LogP contribution < -0.4 is 5.32 Å². The zero-order valence-electron chi connectivity index (χ0n) is 9.72. The standard InChI is InChI=1S/C13H16N2O2/c16-12(17)15-7-5-13(6-8-15)9-14-11-4-2-1-3-10(11)13/h1-4,14H,5-9H2,(H,16,17)/p+1. The molecule has 0 radical (unpaired) electrons. The molecule has 1 amide bonds. The molecule has 2 heterocycles. The number of para-hydroxylation sites is 1. The Morgan fingerprint density at radius 3 is 2.71 bits per heavy atom. The summed E-state index contributed by atoms with van der Waals surface area (Å²) in [5.74, 6) is 0. The lowest BCUT2D eigenvalue weighted by atomic mass is 9.74. The minimum absolute atomic E-state index is 0.211. The van der Waals surface area contributed by atoms with Crippen molar-refractivity contribution in [3.63, 3.8) is 0 Å². The summed E-state index contributed by atoms with van der Waals surface area (Å²) in [5.41, 5.74) is 2.98. The van der Waals surface area contributed by atoms with Crippen LogP contribution in [0.1, 0.15) is 18.4 Å². The van der Waals surface area contributed by atoms with Crippen molar-refractivity contribution in [3.05, 3.63) is 29.8 Å². The van der Waals surface area contributed by atoms with Gasteiger partial charge < -0.3 is 15.3 Å². The van der Waals surface area contributed by atoms with Gasteiger partial charge in [-0.05, 0) is 18.9 Å². The van der Waals surface area contributed by atoms with E-state index in [1.165, 1.54) is 16.2 Å². The molecule has 4 heteroatoms. The van der Waals surface area contributed by atoms with E-state index in [2.05, 4.69) is 29.6 Å². The molecular formula is C13H17N2O2+. The summed E-state index contributed by atoms with van der Waals surface area (Å²) in [5, 5.41) is 11.3. The summed E-state index contributed by atoms with van der Waals surface area (Å²) in [6.45, 7) is 2.40. The molecule has 1 spiro atoms. The van der Waals surface area contributed by atoms with Crippen molar-refractivity contribution in [1.29, 1.82) is 0 Å². The van der Waals surface area contributed by atoms with Gasteiger partial charge in [-0.2, -0.15) is 0 Å². The summed E-state index contributed by atoms with van der Waals surface area (Å²) in [7, 11) is 0. The number of carboxylic acid groups (broad SMARTS) is 1. The molecule has 2 aliphatic heterocycles. The normalized spacial score (nSPS) is 21.5. The fraction of sp³-hybridized carbons (Fsp3) is 0.462. The Balaban J connectivity index is 1.85. The first-order valence-corrected chi connectivity index (χ1v) is 6.12. The molecule has 1 aromatic carbocycles. The highest BCUT2D eigenvalue weighted by molar-refractivity contribution is 5.65. The topological polar surface area (TPSA) is 57.1 Å². The molecule has 0 saturated carbocycles. The number of benzene rings is 1. The van der Waals surface area contributed by atoms with Crippen molar-refractivity contribution in [2.75, 3.05) is 19.6 Å². The number of rotatable bonds is 0. The van der Waals surface area contributed by atoms with E-state index >= 15 is 0 Å². The van der Waals surface area contributed by atoms with Crippen molar-refractivity contribution >= 4 is 11.8 Å². The van der Waals surface area contributed by atoms with Gasteiger partial charge in [0.2, 0.25) is 0 Å². The molecule has 0 unspecified atom stereocenters. The summed E-state index contributed by atoms with van der Waals surface area (Å²) in [6, 6.07) is 8.52. The number of nitrogens with two attached hydrogens (primary N) is 1. The van der Waals surface area contributed by atoms with Gasteiger partial charge in [0.25, 0.3) is 0 Å². The van der Waals surface area contributed by atoms with Gasteiger partial charge in [-0.15, -0.1) is 0 Å². The van der Waals surface area contributed by atoms with Gasteiger partial charge in [-0.3, -0.25) is 0 Å². The van der Waals surface area contributed by atoms with E-state index in [-0.39, 0.29) is 5.41 Å². The molecular weight excluding hydrogens is 216 g/mol. The summed E-state index contributed by atoms with van der Waals surface area (Å²) in [4.78, 5) is 12.5. The summed E-state index contributed by atoms with van der Waals surface area (Å²) in [6.07, 6.45) is 1.12. The lowest BCUT2D eigenvalue weighted by Gasteiger charge is -2.36. The van der Waals surface area contributed by atoms with Gasteiger partial charge in [0.1, 0.15) is 5.69 Å². The third kappa shape index (κ3) is 1.60. The maximum Gasteiger partial charge on any atom is 0.407 e. The van der Waals surface area contributed by atoms with Gasteiger partial charge >= 0.3 is 6.09 Å². The first-order valence-electron chi connectivity index (χ1n) is 6.12. The maximum atomic E-state index is 10.9. The van der Waals surface area contributed by atoms with Gasteiger partial charge in [-0.25, -0.2) is 4.79 Å². The van der Waals surface area contributed by atoms with Gasteiger partial charge in [0.05, 0.1) is 12.0 Å². The van der Waals surface area contributed by atoms with Crippen LogP contribution in [0, 0.1) is 0 Å². The van der Waals surface area contributed by atoms with E-state index in [4.69, 9.17) is 5.11 Å². The van der Waals surface area contributed by atoms with Crippen LogP contribution in [0.5, 0.6) is 0 Å². The van der Waals surface area contributed by atoms with Crippen LogP contribution >= 0.6 is 0 Å². The predicted octanol–water partition coefficient (Wildman–Crippen LogP) is 0.907. The molecule has 0 bridgehead atoms. The second kappa shape index (κ2) is 3.74. The quantitative estimate of drug-likeness (QED) is 0.654. The molecule has 0 atom stereocenters. The Labute approximate surface area is 100 Å². The Morgan fingerprint density at radius 2 is 2.00 bits per heavy atom. The Hall–Kier alpha value is -1.55. The molecule has 0 aliphatic carbocycles.